The van der Waals surface area contributed by atoms with Crippen molar-refractivity contribution in [2.75, 3.05) is 46.3 Å². The Morgan fingerprint density at radius 3 is 2.63 bits per heavy atom. The highest BCUT2D eigenvalue weighted by molar-refractivity contribution is 5.99. The van der Waals surface area contributed by atoms with Crippen molar-refractivity contribution in [1.29, 1.82) is 0 Å². The molecule has 2 fully saturated rings. The molecule has 2 aliphatic heterocycles. The number of allylic oxidation sites excluding steroid dienone is 2. The Hall–Kier alpha value is -3.40. The van der Waals surface area contributed by atoms with Crippen molar-refractivity contribution in [2.45, 2.75) is 44.0 Å². The number of carbonyl (C=O) groups excluding carboxylic acids is 1. The lowest BCUT2D eigenvalue weighted by Crippen LogP contribution is -2.53. The first-order valence-corrected chi connectivity index (χ1v) is 15.7. The molecule has 1 aromatic heterocycles. The maximum Gasteiger partial charge on any atom is 0.169 e. The lowest BCUT2D eigenvalue weighted by Gasteiger charge is -2.41. The molecule has 0 radical (unpaired) electrons. The number of aliphatic hydroxyl groups excluding tert-OH is 1. The Morgan fingerprint density at radius 1 is 1.09 bits per heavy atom. The fraction of sp³-hybridized carbons (Fsp3) is 0.429. The molecular formula is C35H44N6O2. The van der Waals surface area contributed by atoms with Crippen LogP contribution in [0.4, 0.5) is 0 Å². The normalized spacial score (nSPS) is 22.1. The van der Waals surface area contributed by atoms with Gasteiger partial charge in [-0.2, -0.15) is 5.10 Å². The van der Waals surface area contributed by atoms with E-state index in [0.717, 1.165) is 93.8 Å². The highest BCUT2D eigenvalue weighted by Crippen LogP contribution is 2.34. The van der Waals surface area contributed by atoms with Crippen LogP contribution in [0.3, 0.4) is 0 Å². The minimum absolute atomic E-state index is 0.154. The van der Waals surface area contributed by atoms with Crippen LogP contribution in [-0.2, 0) is 12.1 Å². The van der Waals surface area contributed by atoms with Crippen LogP contribution < -0.4 is 10.6 Å². The van der Waals surface area contributed by atoms with E-state index in [9.17, 15) is 9.90 Å². The fourth-order valence-corrected chi connectivity index (χ4v) is 6.65. The summed E-state index contributed by atoms with van der Waals surface area (Å²) in [6.07, 6.45) is 12.1. The molecule has 226 valence electrons. The third kappa shape index (κ3) is 7.06. The second-order valence-corrected chi connectivity index (χ2v) is 12.3. The van der Waals surface area contributed by atoms with Crippen molar-refractivity contribution in [3.05, 3.63) is 101 Å². The van der Waals surface area contributed by atoms with Crippen LogP contribution in [0.1, 0.15) is 47.2 Å². The molecule has 1 aliphatic carbocycles. The quantitative estimate of drug-likeness (QED) is 0.224. The van der Waals surface area contributed by atoms with E-state index >= 15 is 0 Å². The van der Waals surface area contributed by atoms with Gasteiger partial charge in [0, 0.05) is 61.5 Å². The zero-order chi connectivity index (χ0) is 29.6. The Balaban J connectivity index is 1.12. The summed E-state index contributed by atoms with van der Waals surface area (Å²) in [5.74, 6) is -0.0516. The smallest absolute Gasteiger partial charge is 0.169 e. The van der Waals surface area contributed by atoms with Crippen LogP contribution in [0, 0.1) is 5.92 Å². The monoisotopic (exact) mass is 580 g/mol. The van der Waals surface area contributed by atoms with Crippen molar-refractivity contribution < 1.29 is 9.90 Å². The number of piperazine rings is 1. The van der Waals surface area contributed by atoms with Crippen molar-refractivity contribution in [2.24, 2.45) is 5.92 Å². The molecule has 8 nitrogen and oxygen atoms in total. The van der Waals surface area contributed by atoms with E-state index in [1.165, 1.54) is 11.1 Å². The van der Waals surface area contributed by atoms with Crippen LogP contribution in [0.2, 0.25) is 0 Å². The minimum atomic E-state index is -0.830. The number of ketones is 1. The van der Waals surface area contributed by atoms with Gasteiger partial charge in [0.1, 0.15) is 6.23 Å². The highest BCUT2D eigenvalue weighted by Gasteiger charge is 2.36. The SMILES string of the molecule is CN1CCN(Cc2cccc(C(=O)C3C=CC(C(O)NC4(c5ccc(-c6cn[nH]c6)cc5)CCNCC4)=CCC3)c2)CC1. The average molecular weight is 581 g/mol. The molecule has 2 aromatic carbocycles. The summed E-state index contributed by atoms with van der Waals surface area (Å²) in [7, 11) is 2.17. The molecule has 0 saturated carbocycles. The number of rotatable bonds is 9. The van der Waals surface area contributed by atoms with Gasteiger partial charge in [-0.15, -0.1) is 0 Å². The number of Topliss-reactive ketones (excluding diaryl/α,β-unsaturated/α-hetero) is 1. The van der Waals surface area contributed by atoms with Gasteiger partial charge in [0.2, 0.25) is 0 Å². The molecule has 43 heavy (non-hydrogen) atoms. The molecule has 2 unspecified atom stereocenters. The van der Waals surface area contributed by atoms with Crippen LogP contribution in [0.5, 0.6) is 0 Å². The Labute approximate surface area is 254 Å². The van der Waals surface area contributed by atoms with Crippen LogP contribution in [0.15, 0.2) is 84.7 Å². The summed E-state index contributed by atoms with van der Waals surface area (Å²) < 4.78 is 0. The van der Waals surface area contributed by atoms with Crippen LogP contribution in [-0.4, -0.2) is 83.4 Å². The predicted molar refractivity (Wildman–Crippen MR) is 170 cm³/mol. The van der Waals surface area contributed by atoms with E-state index in [1.807, 2.05) is 36.7 Å². The van der Waals surface area contributed by atoms with Crippen LogP contribution in [0.25, 0.3) is 11.1 Å². The maximum absolute atomic E-state index is 13.6. The highest BCUT2D eigenvalue weighted by atomic mass is 16.3. The van der Waals surface area contributed by atoms with Gasteiger partial charge in [-0.3, -0.25) is 20.1 Å². The van der Waals surface area contributed by atoms with Gasteiger partial charge >= 0.3 is 0 Å². The van der Waals surface area contributed by atoms with Crippen LogP contribution >= 0.6 is 0 Å². The first-order valence-electron chi connectivity index (χ1n) is 15.7. The Kier molecular flexibility index (Phi) is 9.31. The van der Waals surface area contributed by atoms with Crippen molar-refractivity contribution in [3.63, 3.8) is 0 Å². The lowest BCUT2D eigenvalue weighted by atomic mass is 9.80. The molecule has 2 saturated heterocycles. The van der Waals surface area contributed by atoms with Crippen molar-refractivity contribution >= 4 is 5.78 Å². The first-order chi connectivity index (χ1) is 21.0. The summed E-state index contributed by atoms with van der Waals surface area (Å²) in [6, 6.07) is 16.7. The summed E-state index contributed by atoms with van der Waals surface area (Å²) in [4.78, 5) is 18.4. The number of nitrogens with zero attached hydrogens (tertiary/aromatic N) is 3. The number of likely N-dealkylation sites (N-methyl/N-ethyl adjacent to an activating group) is 1. The molecule has 0 spiro atoms. The number of hydrogen-bond donors (Lipinski definition) is 4. The topological polar surface area (TPSA) is 96.5 Å². The molecule has 8 heteroatoms. The molecule has 0 bridgehead atoms. The number of aromatic nitrogens is 2. The van der Waals surface area contributed by atoms with E-state index < -0.39 is 6.23 Å². The Bertz CT molecular complexity index is 1420. The van der Waals surface area contributed by atoms with Gasteiger partial charge in [-0.05, 0) is 74.2 Å². The third-order valence-corrected chi connectivity index (χ3v) is 9.38. The first kappa shape index (κ1) is 29.7. The standard InChI is InChI=1S/C35H44N6O2/c1-40-18-20-41(21-19-40)25-26-4-2-7-30(22-26)33(42)28-5-3-6-29(9-8-28)34(43)39-35(14-16-36-17-15-35)32-12-10-27(11-13-32)31-23-37-38-24-31/h2,4,6-13,22-24,28,34,36,39,43H,3,5,14-21,25H2,1H3,(H,37,38). The fourth-order valence-electron chi connectivity index (χ4n) is 6.65. The summed E-state index contributed by atoms with van der Waals surface area (Å²) in [6.45, 7) is 6.90. The molecule has 6 rings (SSSR count). The van der Waals surface area contributed by atoms with E-state index in [4.69, 9.17) is 0 Å². The largest absolute Gasteiger partial charge is 0.374 e. The number of hydrogen-bond acceptors (Lipinski definition) is 7. The lowest BCUT2D eigenvalue weighted by molar-refractivity contribution is 0.0940. The van der Waals surface area contributed by atoms with Gasteiger partial charge in [0.25, 0.3) is 0 Å². The number of aliphatic hydroxyl groups is 1. The molecular weight excluding hydrogens is 536 g/mol. The van der Waals surface area contributed by atoms with Crippen molar-refractivity contribution in [1.82, 2.24) is 30.6 Å². The van der Waals surface area contributed by atoms with Gasteiger partial charge in [0.15, 0.2) is 5.78 Å². The number of nitrogens with one attached hydrogen (secondary N) is 3. The van der Waals surface area contributed by atoms with Gasteiger partial charge in [0.05, 0.1) is 6.20 Å². The van der Waals surface area contributed by atoms with Gasteiger partial charge < -0.3 is 15.3 Å². The predicted octanol–water partition coefficient (Wildman–Crippen LogP) is 4.09. The maximum atomic E-state index is 13.6. The second kappa shape index (κ2) is 13.5. The summed E-state index contributed by atoms with van der Waals surface area (Å²) >= 11 is 0. The zero-order valence-corrected chi connectivity index (χ0v) is 25.1. The number of benzene rings is 2. The second-order valence-electron chi connectivity index (χ2n) is 12.3. The van der Waals surface area contributed by atoms with E-state index in [2.05, 4.69) is 80.2 Å². The third-order valence-electron chi connectivity index (χ3n) is 9.38. The molecule has 2 atom stereocenters. The molecule has 4 N–H and O–H groups in total. The number of aromatic amines is 1. The molecule has 3 aliphatic rings. The number of H-pyrrole nitrogens is 1. The van der Waals surface area contributed by atoms with E-state index in [1.54, 1.807) is 0 Å². The van der Waals surface area contributed by atoms with E-state index in [0.29, 0.717) is 0 Å². The molecule has 0 amide bonds. The zero-order valence-electron chi connectivity index (χ0n) is 25.1. The summed E-state index contributed by atoms with van der Waals surface area (Å²) in [5.41, 5.74) is 5.78. The van der Waals surface area contributed by atoms with Crippen molar-refractivity contribution in [3.8, 4) is 11.1 Å². The minimum Gasteiger partial charge on any atom is -0.374 e. The Morgan fingerprint density at radius 2 is 1.88 bits per heavy atom. The van der Waals surface area contributed by atoms with Gasteiger partial charge in [-0.1, -0.05) is 60.7 Å². The molecule has 3 aromatic rings. The number of piperidine rings is 1. The number of carbonyl (C=O) groups is 1. The van der Waals surface area contributed by atoms with E-state index in [-0.39, 0.29) is 17.2 Å². The molecule has 3 heterocycles. The van der Waals surface area contributed by atoms with Gasteiger partial charge in [-0.25, -0.2) is 0 Å². The summed E-state index contributed by atoms with van der Waals surface area (Å²) in [5, 5.41) is 25.5. The average Bonchev–Trinajstić information content (AvgIpc) is 3.47.